The van der Waals surface area contributed by atoms with E-state index in [1.807, 2.05) is 6.92 Å². The van der Waals surface area contributed by atoms with Crippen molar-refractivity contribution in [3.8, 4) is 11.4 Å². The molecule has 0 saturated heterocycles. The number of aromatic amines is 1. The second-order valence-corrected chi connectivity index (χ2v) is 6.48. The fourth-order valence-corrected chi connectivity index (χ4v) is 2.95. The Morgan fingerprint density at radius 3 is 3.04 bits per heavy atom. The van der Waals surface area contributed by atoms with Crippen LogP contribution >= 0.6 is 0 Å². The van der Waals surface area contributed by atoms with E-state index in [4.69, 9.17) is 5.73 Å². The third-order valence-corrected chi connectivity index (χ3v) is 4.27. The van der Waals surface area contributed by atoms with Gasteiger partial charge < -0.3 is 16.0 Å². The molecule has 0 bridgehead atoms. The number of amides is 1. The molecule has 27 heavy (non-hydrogen) atoms. The van der Waals surface area contributed by atoms with Gasteiger partial charge in [-0.25, -0.2) is 14.4 Å². The fourth-order valence-electron chi connectivity index (χ4n) is 2.95. The van der Waals surface area contributed by atoms with Crippen molar-refractivity contribution in [1.82, 2.24) is 30.0 Å². The summed E-state index contributed by atoms with van der Waals surface area (Å²) in [6.45, 7) is 2.16. The lowest BCUT2D eigenvalue weighted by molar-refractivity contribution is 0.0953. The molecule has 0 spiro atoms. The Hall–Kier alpha value is -3.33. The summed E-state index contributed by atoms with van der Waals surface area (Å²) in [7, 11) is 1.74. The van der Waals surface area contributed by atoms with Crippen molar-refractivity contribution in [2.24, 2.45) is 12.8 Å². The number of halogens is 1. The Kier molecular flexibility index (Phi) is 4.08. The average Bonchev–Trinajstić information content (AvgIpc) is 3.20. The number of carbonyl (C=O) groups excluding carboxylic acids is 1. The van der Waals surface area contributed by atoms with Gasteiger partial charge in [-0.2, -0.15) is 5.10 Å². The highest BCUT2D eigenvalue weighted by molar-refractivity contribution is 6.05. The van der Waals surface area contributed by atoms with Gasteiger partial charge in [0.15, 0.2) is 5.65 Å². The van der Waals surface area contributed by atoms with E-state index in [-0.39, 0.29) is 17.8 Å². The maximum Gasteiger partial charge on any atom is 0.255 e. The molecule has 8 nitrogen and oxygen atoms in total. The number of benzene rings is 1. The van der Waals surface area contributed by atoms with Crippen molar-refractivity contribution in [1.29, 1.82) is 0 Å². The monoisotopic (exact) mass is 367 g/mol. The number of H-pyrrole nitrogens is 1. The van der Waals surface area contributed by atoms with Crippen LogP contribution in [0.15, 0.2) is 30.6 Å². The van der Waals surface area contributed by atoms with Crippen molar-refractivity contribution in [3.05, 3.63) is 42.0 Å². The molecule has 4 rings (SSSR count). The van der Waals surface area contributed by atoms with Crippen molar-refractivity contribution in [2.45, 2.75) is 13.0 Å². The molecule has 3 heterocycles. The number of rotatable bonds is 4. The van der Waals surface area contributed by atoms with Crippen LogP contribution in [0.3, 0.4) is 0 Å². The zero-order chi connectivity index (χ0) is 19.1. The van der Waals surface area contributed by atoms with E-state index in [2.05, 4.69) is 25.4 Å². The van der Waals surface area contributed by atoms with Gasteiger partial charge in [-0.15, -0.1) is 0 Å². The van der Waals surface area contributed by atoms with Gasteiger partial charge in [0.05, 0.1) is 17.3 Å². The van der Waals surface area contributed by atoms with Crippen molar-refractivity contribution in [3.63, 3.8) is 0 Å². The third kappa shape index (κ3) is 3.02. The first-order valence-electron chi connectivity index (χ1n) is 8.44. The van der Waals surface area contributed by atoms with E-state index in [0.29, 0.717) is 40.2 Å². The molecule has 0 aliphatic carbocycles. The number of aryl methyl sites for hydroxylation is 1. The predicted molar refractivity (Wildman–Crippen MR) is 99.5 cm³/mol. The maximum atomic E-state index is 13.5. The lowest BCUT2D eigenvalue weighted by Gasteiger charge is -2.06. The Bertz CT molecular complexity index is 1160. The topological polar surface area (TPSA) is 115 Å². The molecule has 9 heteroatoms. The second kappa shape index (κ2) is 6.44. The van der Waals surface area contributed by atoms with Crippen LogP contribution in [0.2, 0.25) is 0 Å². The lowest BCUT2D eigenvalue weighted by Crippen LogP contribution is -2.35. The van der Waals surface area contributed by atoms with E-state index in [9.17, 15) is 9.18 Å². The van der Waals surface area contributed by atoms with Gasteiger partial charge in [0, 0.05) is 31.2 Å². The summed E-state index contributed by atoms with van der Waals surface area (Å²) in [4.78, 5) is 24.3. The number of hydrogen-bond acceptors (Lipinski definition) is 5. The van der Waals surface area contributed by atoms with Gasteiger partial charge in [-0.05, 0) is 25.1 Å². The molecule has 0 saturated carbocycles. The highest BCUT2D eigenvalue weighted by atomic mass is 19.1. The van der Waals surface area contributed by atoms with E-state index in [1.54, 1.807) is 30.2 Å². The third-order valence-electron chi connectivity index (χ3n) is 4.27. The van der Waals surface area contributed by atoms with Crippen LogP contribution in [0.4, 0.5) is 4.39 Å². The minimum Gasteiger partial charge on any atom is -0.350 e. The summed E-state index contributed by atoms with van der Waals surface area (Å²) in [6, 6.07) is 4.30. The van der Waals surface area contributed by atoms with Crippen molar-refractivity contribution >= 4 is 28.0 Å². The Morgan fingerprint density at radius 1 is 1.44 bits per heavy atom. The quantitative estimate of drug-likeness (QED) is 0.508. The molecule has 0 aliphatic heterocycles. The average molecular weight is 367 g/mol. The Morgan fingerprint density at radius 2 is 2.26 bits per heavy atom. The standard InChI is InChI=1S/C18H18FN7O/c1-9(20)6-23-18(27)12-7-21-17-16(12)24-13(8-22-17)15-11-4-3-10(19)5-14(11)26(2)25-15/h3-5,7-9H,6,20H2,1-2H3,(H,21,22)(H,23,27)/t9-/m1/s1. The minimum atomic E-state index is -0.336. The van der Waals surface area contributed by atoms with Gasteiger partial charge in [-0.1, -0.05) is 0 Å². The van der Waals surface area contributed by atoms with Gasteiger partial charge in [0.2, 0.25) is 0 Å². The smallest absolute Gasteiger partial charge is 0.255 e. The number of carbonyl (C=O) groups is 1. The predicted octanol–water partition coefficient (Wildman–Crippen LogP) is 1.73. The van der Waals surface area contributed by atoms with E-state index < -0.39 is 0 Å². The van der Waals surface area contributed by atoms with Crippen LogP contribution in [-0.4, -0.2) is 43.2 Å². The summed E-state index contributed by atoms with van der Waals surface area (Å²) in [5.41, 5.74) is 8.73. The molecule has 3 aromatic heterocycles. The summed E-state index contributed by atoms with van der Waals surface area (Å²) in [5, 5.41) is 7.96. The summed E-state index contributed by atoms with van der Waals surface area (Å²) in [6.07, 6.45) is 3.14. The van der Waals surface area contributed by atoms with Crippen molar-refractivity contribution < 1.29 is 9.18 Å². The van der Waals surface area contributed by atoms with Crippen LogP contribution in [-0.2, 0) is 7.05 Å². The van der Waals surface area contributed by atoms with E-state index >= 15 is 0 Å². The highest BCUT2D eigenvalue weighted by Crippen LogP contribution is 2.28. The molecule has 0 radical (unpaired) electrons. The molecule has 138 valence electrons. The molecule has 0 fully saturated rings. The molecule has 4 N–H and O–H groups in total. The van der Waals surface area contributed by atoms with Crippen LogP contribution in [0.25, 0.3) is 33.5 Å². The first-order valence-corrected chi connectivity index (χ1v) is 8.44. The normalized spacial score (nSPS) is 12.6. The summed E-state index contributed by atoms with van der Waals surface area (Å²) < 4.78 is 15.1. The molecule has 4 aromatic rings. The Balaban J connectivity index is 1.80. The number of hydrogen-bond donors (Lipinski definition) is 3. The molecule has 1 aromatic carbocycles. The van der Waals surface area contributed by atoms with Gasteiger partial charge in [0.25, 0.3) is 5.91 Å². The minimum absolute atomic E-state index is 0.152. The first-order chi connectivity index (χ1) is 12.9. The van der Waals surface area contributed by atoms with Crippen molar-refractivity contribution in [2.75, 3.05) is 6.54 Å². The van der Waals surface area contributed by atoms with Crippen LogP contribution in [0.5, 0.6) is 0 Å². The number of nitrogens with zero attached hydrogens (tertiary/aromatic N) is 4. The van der Waals surface area contributed by atoms with Crippen LogP contribution in [0, 0.1) is 5.82 Å². The fraction of sp³-hybridized carbons (Fsp3) is 0.222. The van der Waals surface area contributed by atoms with E-state index in [0.717, 1.165) is 5.39 Å². The highest BCUT2D eigenvalue weighted by Gasteiger charge is 2.18. The first kappa shape index (κ1) is 17.1. The van der Waals surface area contributed by atoms with Gasteiger partial charge in [0.1, 0.15) is 22.7 Å². The number of nitrogens with one attached hydrogen (secondary N) is 2. The van der Waals surface area contributed by atoms with E-state index in [1.165, 1.54) is 12.1 Å². The zero-order valence-electron chi connectivity index (χ0n) is 14.8. The van der Waals surface area contributed by atoms with Crippen LogP contribution < -0.4 is 11.1 Å². The lowest BCUT2D eigenvalue weighted by atomic mass is 10.1. The molecule has 0 aliphatic rings. The number of nitrogens with two attached hydrogens (primary N) is 1. The summed E-state index contributed by atoms with van der Waals surface area (Å²) in [5.74, 6) is -0.615. The Labute approximate surface area is 153 Å². The largest absolute Gasteiger partial charge is 0.350 e. The van der Waals surface area contributed by atoms with Gasteiger partial charge >= 0.3 is 0 Å². The maximum absolute atomic E-state index is 13.5. The second-order valence-electron chi connectivity index (χ2n) is 6.48. The molecular formula is C18H18FN7O. The summed E-state index contributed by atoms with van der Waals surface area (Å²) >= 11 is 0. The molecular weight excluding hydrogens is 349 g/mol. The molecule has 0 unspecified atom stereocenters. The molecule has 1 atom stereocenters. The SMILES string of the molecule is C[C@@H](N)CNC(=O)c1c[nH]c2ncc(-c3nn(C)c4cc(F)ccc34)nc12. The van der Waals surface area contributed by atoms with Gasteiger partial charge in [-0.3, -0.25) is 9.48 Å². The number of aromatic nitrogens is 5. The zero-order valence-corrected chi connectivity index (χ0v) is 14.8. The van der Waals surface area contributed by atoms with Crippen LogP contribution in [0.1, 0.15) is 17.3 Å². The molecule has 1 amide bonds. The number of fused-ring (bicyclic) bond motifs is 2.